The van der Waals surface area contributed by atoms with Gasteiger partial charge in [0.05, 0.1) is 16.9 Å². The third kappa shape index (κ3) is 2.74. The fourth-order valence-electron chi connectivity index (χ4n) is 3.05. The molecule has 3 rings (SSSR count). The molecule has 3 N–H and O–H groups in total. The van der Waals surface area contributed by atoms with E-state index in [1.807, 2.05) is 25.1 Å². The molecule has 0 saturated carbocycles. The minimum Gasteiger partial charge on any atom is -0.369 e. The molecule has 0 unspecified atom stereocenters. The van der Waals surface area contributed by atoms with Crippen LogP contribution in [0.15, 0.2) is 29.1 Å². The summed E-state index contributed by atoms with van der Waals surface area (Å²) < 4.78 is 0. The molecule has 6 nitrogen and oxygen atoms in total. The van der Waals surface area contributed by atoms with Gasteiger partial charge in [0.2, 0.25) is 5.91 Å². The average Bonchev–Trinajstić information content (AvgIpc) is 2.54. The Labute approximate surface area is 128 Å². The standard InChI is InChI=1S/C16H20N4O2/c1-10(20-8-6-11(7-9-20)14(17)21)15-18-13-5-3-2-4-12(13)16(22)19-15/h2-5,10-11H,6-9H2,1H3,(H2,17,21)(H,18,19,22)/t10-/m1/s1. The number of benzene rings is 1. The minimum absolute atomic E-state index is 0.00568. The molecule has 0 aliphatic carbocycles. The summed E-state index contributed by atoms with van der Waals surface area (Å²) in [6.45, 7) is 3.59. The van der Waals surface area contributed by atoms with Gasteiger partial charge < -0.3 is 10.7 Å². The van der Waals surface area contributed by atoms with Crippen molar-refractivity contribution in [3.8, 4) is 0 Å². The molecule has 1 amide bonds. The molecular formula is C16H20N4O2. The normalized spacial score (nSPS) is 18.4. The second-order valence-electron chi connectivity index (χ2n) is 5.86. The van der Waals surface area contributed by atoms with E-state index in [1.165, 1.54) is 0 Å². The van der Waals surface area contributed by atoms with Crippen LogP contribution in [-0.4, -0.2) is 33.9 Å². The number of aromatic nitrogens is 2. The van der Waals surface area contributed by atoms with Gasteiger partial charge in [0, 0.05) is 5.92 Å². The molecule has 1 aromatic heterocycles. The first-order valence-corrected chi connectivity index (χ1v) is 7.58. The number of hydrogen-bond donors (Lipinski definition) is 2. The van der Waals surface area contributed by atoms with E-state index < -0.39 is 0 Å². The van der Waals surface area contributed by atoms with Gasteiger partial charge in [-0.3, -0.25) is 14.5 Å². The summed E-state index contributed by atoms with van der Waals surface area (Å²) in [6.07, 6.45) is 1.52. The minimum atomic E-state index is -0.218. The molecule has 1 atom stereocenters. The van der Waals surface area contributed by atoms with E-state index in [0.29, 0.717) is 16.7 Å². The molecule has 1 saturated heterocycles. The quantitative estimate of drug-likeness (QED) is 0.890. The summed E-state index contributed by atoms with van der Waals surface area (Å²) in [5.74, 6) is 0.415. The number of carbonyl (C=O) groups is 1. The maximum absolute atomic E-state index is 12.2. The topological polar surface area (TPSA) is 92.1 Å². The lowest BCUT2D eigenvalue weighted by atomic mass is 9.95. The molecule has 0 bridgehead atoms. The Morgan fingerprint density at radius 3 is 2.73 bits per heavy atom. The highest BCUT2D eigenvalue weighted by molar-refractivity contribution is 5.77. The lowest BCUT2D eigenvalue weighted by molar-refractivity contribution is -0.123. The van der Waals surface area contributed by atoms with Gasteiger partial charge in [-0.15, -0.1) is 0 Å². The van der Waals surface area contributed by atoms with E-state index in [4.69, 9.17) is 5.73 Å². The monoisotopic (exact) mass is 300 g/mol. The molecule has 0 spiro atoms. The Balaban J connectivity index is 1.82. The summed E-state index contributed by atoms with van der Waals surface area (Å²) in [7, 11) is 0. The number of para-hydroxylation sites is 1. The fraction of sp³-hybridized carbons (Fsp3) is 0.438. The maximum Gasteiger partial charge on any atom is 0.258 e. The number of fused-ring (bicyclic) bond motifs is 1. The van der Waals surface area contributed by atoms with E-state index in [9.17, 15) is 9.59 Å². The van der Waals surface area contributed by atoms with Crippen LogP contribution < -0.4 is 11.3 Å². The van der Waals surface area contributed by atoms with Crippen LogP contribution in [0.3, 0.4) is 0 Å². The van der Waals surface area contributed by atoms with Crippen LogP contribution in [0.2, 0.25) is 0 Å². The number of nitrogens with zero attached hydrogens (tertiary/aromatic N) is 2. The van der Waals surface area contributed by atoms with Gasteiger partial charge >= 0.3 is 0 Å². The van der Waals surface area contributed by atoms with Gasteiger partial charge in [-0.2, -0.15) is 0 Å². The first kappa shape index (κ1) is 14.7. The molecule has 0 radical (unpaired) electrons. The number of rotatable bonds is 3. The van der Waals surface area contributed by atoms with E-state index in [-0.39, 0.29) is 23.4 Å². The molecule has 116 valence electrons. The first-order chi connectivity index (χ1) is 10.6. The molecule has 2 aromatic rings. The summed E-state index contributed by atoms with van der Waals surface area (Å²) in [6, 6.07) is 7.33. The van der Waals surface area contributed by atoms with Crippen LogP contribution in [0, 0.1) is 5.92 Å². The van der Waals surface area contributed by atoms with E-state index >= 15 is 0 Å². The molecule has 22 heavy (non-hydrogen) atoms. The van der Waals surface area contributed by atoms with Crippen molar-refractivity contribution < 1.29 is 4.79 Å². The molecular weight excluding hydrogens is 280 g/mol. The van der Waals surface area contributed by atoms with Crippen LogP contribution in [0.25, 0.3) is 10.9 Å². The van der Waals surface area contributed by atoms with E-state index in [0.717, 1.165) is 25.9 Å². The van der Waals surface area contributed by atoms with Crippen molar-refractivity contribution in [2.45, 2.75) is 25.8 Å². The summed E-state index contributed by atoms with van der Waals surface area (Å²) in [4.78, 5) is 33.1. The molecule has 1 aliphatic heterocycles. The van der Waals surface area contributed by atoms with Gasteiger partial charge in [-0.05, 0) is 45.0 Å². The highest BCUT2D eigenvalue weighted by Gasteiger charge is 2.27. The van der Waals surface area contributed by atoms with Crippen LogP contribution in [0.1, 0.15) is 31.6 Å². The molecule has 1 fully saturated rings. The Bertz CT molecular complexity index is 747. The fourth-order valence-corrected chi connectivity index (χ4v) is 3.05. The van der Waals surface area contributed by atoms with Crippen molar-refractivity contribution in [1.82, 2.24) is 14.9 Å². The number of nitrogens with two attached hydrogens (primary N) is 1. The number of carbonyl (C=O) groups excluding carboxylic acids is 1. The van der Waals surface area contributed by atoms with E-state index in [1.54, 1.807) is 6.07 Å². The Morgan fingerprint density at radius 2 is 2.05 bits per heavy atom. The van der Waals surface area contributed by atoms with Gasteiger partial charge in [-0.25, -0.2) is 4.98 Å². The number of amides is 1. The number of primary amides is 1. The second-order valence-corrected chi connectivity index (χ2v) is 5.86. The van der Waals surface area contributed by atoms with E-state index in [2.05, 4.69) is 14.9 Å². The van der Waals surface area contributed by atoms with Crippen LogP contribution >= 0.6 is 0 Å². The number of hydrogen-bond acceptors (Lipinski definition) is 4. The predicted octanol–water partition coefficient (Wildman–Crippen LogP) is 1.18. The number of piperidine rings is 1. The van der Waals surface area contributed by atoms with Gasteiger partial charge in [0.15, 0.2) is 0 Å². The van der Waals surface area contributed by atoms with Crippen molar-refractivity contribution in [1.29, 1.82) is 0 Å². The third-order valence-electron chi connectivity index (χ3n) is 4.51. The molecule has 2 heterocycles. The first-order valence-electron chi connectivity index (χ1n) is 7.58. The van der Waals surface area contributed by atoms with Crippen LogP contribution in [0.5, 0.6) is 0 Å². The number of H-pyrrole nitrogens is 1. The highest BCUT2D eigenvalue weighted by atomic mass is 16.1. The zero-order valence-electron chi connectivity index (χ0n) is 12.6. The van der Waals surface area contributed by atoms with Crippen molar-refractivity contribution in [3.63, 3.8) is 0 Å². The zero-order chi connectivity index (χ0) is 15.7. The molecule has 6 heteroatoms. The second kappa shape index (κ2) is 5.88. The zero-order valence-corrected chi connectivity index (χ0v) is 12.6. The largest absolute Gasteiger partial charge is 0.369 e. The van der Waals surface area contributed by atoms with Crippen LogP contribution in [0.4, 0.5) is 0 Å². The summed E-state index contributed by atoms with van der Waals surface area (Å²) in [5, 5.41) is 0.603. The predicted molar refractivity (Wildman–Crippen MR) is 84.3 cm³/mol. The van der Waals surface area contributed by atoms with Crippen molar-refractivity contribution in [2.75, 3.05) is 13.1 Å². The SMILES string of the molecule is C[C@H](c1nc2ccccc2c(=O)[nH]1)N1CCC(C(N)=O)CC1. The maximum atomic E-state index is 12.2. The third-order valence-corrected chi connectivity index (χ3v) is 4.51. The van der Waals surface area contributed by atoms with Gasteiger partial charge in [0.25, 0.3) is 5.56 Å². The van der Waals surface area contributed by atoms with Crippen molar-refractivity contribution in [3.05, 3.63) is 40.4 Å². The smallest absolute Gasteiger partial charge is 0.258 e. The molecule has 1 aliphatic rings. The number of nitrogens with one attached hydrogen (secondary N) is 1. The average molecular weight is 300 g/mol. The Kier molecular flexibility index (Phi) is 3.94. The summed E-state index contributed by atoms with van der Waals surface area (Å²) >= 11 is 0. The van der Waals surface area contributed by atoms with Gasteiger partial charge in [-0.1, -0.05) is 12.1 Å². The molecule has 1 aromatic carbocycles. The Hall–Kier alpha value is -2.21. The summed E-state index contributed by atoms with van der Waals surface area (Å²) in [5.41, 5.74) is 5.96. The van der Waals surface area contributed by atoms with Gasteiger partial charge in [0.1, 0.15) is 5.82 Å². The Morgan fingerprint density at radius 1 is 1.36 bits per heavy atom. The number of likely N-dealkylation sites (tertiary alicyclic amines) is 1. The lowest BCUT2D eigenvalue weighted by Crippen LogP contribution is -2.40. The van der Waals surface area contributed by atoms with Crippen molar-refractivity contribution in [2.24, 2.45) is 11.7 Å². The highest BCUT2D eigenvalue weighted by Crippen LogP contribution is 2.24. The lowest BCUT2D eigenvalue weighted by Gasteiger charge is -2.34. The van der Waals surface area contributed by atoms with Crippen molar-refractivity contribution >= 4 is 16.8 Å². The van der Waals surface area contributed by atoms with Crippen LogP contribution in [-0.2, 0) is 4.79 Å². The number of aromatic amines is 1.